The maximum absolute atomic E-state index is 13.8. The van der Waals surface area contributed by atoms with Gasteiger partial charge in [0.25, 0.3) is 0 Å². The van der Waals surface area contributed by atoms with Crippen LogP contribution >= 0.6 is 58.1 Å². The van der Waals surface area contributed by atoms with Crippen LogP contribution < -0.4 is 5.32 Å². The van der Waals surface area contributed by atoms with E-state index in [0.29, 0.717) is 20.1 Å². The van der Waals surface area contributed by atoms with Gasteiger partial charge in [0.05, 0.1) is 11.4 Å². The van der Waals surface area contributed by atoms with Gasteiger partial charge in [0.15, 0.2) is 8.68 Å². The third kappa shape index (κ3) is 5.84. The topological polar surface area (TPSA) is 54.9 Å². The molecule has 0 radical (unpaired) electrons. The molecule has 0 fully saturated rings. The van der Waals surface area contributed by atoms with Crippen LogP contribution in [0.3, 0.4) is 0 Å². The molecular formula is C18H14Cl2FN3OS3. The lowest BCUT2D eigenvalue weighted by molar-refractivity contribution is -0.113. The van der Waals surface area contributed by atoms with Crippen molar-refractivity contribution in [3.8, 4) is 0 Å². The van der Waals surface area contributed by atoms with Gasteiger partial charge in [0.1, 0.15) is 5.82 Å². The number of carbonyl (C=O) groups excluding carboxylic acids is 1. The summed E-state index contributed by atoms with van der Waals surface area (Å²) >= 11 is 16.4. The average molecular weight is 474 g/mol. The Kier molecular flexibility index (Phi) is 7.59. The molecule has 0 spiro atoms. The first-order chi connectivity index (χ1) is 13.4. The van der Waals surface area contributed by atoms with Gasteiger partial charge in [-0.3, -0.25) is 4.79 Å². The molecule has 3 aromatic rings. The highest BCUT2D eigenvalue weighted by Crippen LogP contribution is 2.34. The zero-order valence-corrected chi connectivity index (χ0v) is 18.5. The number of thioether (sulfide) groups is 2. The van der Waals surface area contributed by atoms with Crippen molar-refractivity contribution in [1.82, 2.24) is 10.2 Å². The van der Waals surface area contributed by atoms with Crippen molar-refractivity contribution < 1.29 is 9.18 Å². The molecule has 146 valence electrons. The highest BCUT2D eigenvalue weighted by atomic mass is 35.5. The lowest BCUT2D eigenvalue weighted by Gasteiger charge is -2.06. The van der Waals surface area contributed by atoms with Crippen LogP contribution in [0.1, 0.15) is 11.1 Å². The number of hydrogen-bond acceptors (Lipinski definition) is 6. The number of halogens is 3. The molecule has 1 N–H and O–H groups in total. The second-order valence-corrected chi connectivity index (χ2v) is 9.88. The van der Waals surface area contributed by atoms with E-state index in [2.05, 4.69) is 15.5 Å². The second kappa shape index (κ2) is 9.93. The van der Waals surface area contributed by atoms with E-state index in [1.165, 1.54) is 40.9 Å². The Labute approximate surface area is 184 Å². The van der Waals surface area contributed by atoms with Crippen molar-refractivity contribution in [1.29, 1.82) is 0 Å². The number of nitrogens with zero attached hydrogens (tertiary/aromatic N) is 2. The summed E-state index contributed by atoms with van der Waals surface area (Å²) in [5, 5.41) is 12.0. The molecule has 0 unspecified atom stereocenters. The number of hydrogen-bond donors (Lipinski definition) is 1. The zero-order chi connectivity index (χ0) is 20.1. The molecule has 4 nitrogen and oxygen atoms in total. The zero-order valence-electron chi connectivity index (χ0n) is 14.5. The van der Waals surface area contributed by atoms with Gasteiger partial charge in [-0.1, -0.05) is 70.2 Å². The molecule has 0 saturated carbocycles. The van der Waals surface area contributed by atoms with Gasteiger partial charge in [-0.05, 0) is 42.3 Å². The van der Waals surface area contributed by atoms with Crippen LogP contribution in [-0.2, 0) is 10.5 Å². The van der Waals surface area contributed by atoms with E-state index in [9.17, 15) is 9.18 Å². The summed E-state index contributed by atoms with van der Waals surface area (Å²) in [5.41, 5.74) is 1.81. The van der Waals surface area contributed by atoms with Crippen molar-refractivity contribution in [2.45, 2.75) is 21.4 Å². The van der Waals surface area contributed by atoms with Crippen LogP contribution in [0.2, 0.25) is 10.0 Å². The first-order valence-corrected chi connectivity index (χ1v) is 11.5. The SMILES string of the molecule is Cc1ccc(NC(=O)CSc2nnc(SCc3c(Cl)cccc3Cl)s2)c(F)c1. The number of rotatable bonds is 7. The van der Waals surface area contributed by atoms with E-state index in [-0.39, 0.29) is 17.3 Å². The number of carbonyl (C=O) groups is 1. The monoisotopic (exact) mass is 473 g/mol. The summed E-state index contributed by atoms with van der Waals surface area (Å²) in [5.74, 6) is -0.0697. The Hall–Kier alpha value is -1.32. The third-order valence-electron chi connectivity index (χ3n) is 3.52. The van der Waals surface area contributed by atoms with E-state index >= 15 is 0 Å². The maximum atomic E-state index is 13.8. The Balaban J connectivity index is 1.51. The van der Waals surface area contributed by atoms with Crippen LogP contribution in [-0.4, -0.2) is 21.9 Å². The largest absolute Gasteiger partial charge is 0.323 e. The highest BCUT2D eigenvalue weighted by Gasteiger charge is 2.12. The van der Waals surface area contributed by atoms with E-state index in [4.69, 9.17) is 23.2 Å². The molecule has 2 aromatic carbocycles. The molecule has 0 aliphatic heterocycles. The number of amides is 1. The fourth-order valence-electron chi connectivity index (χ4n) is 2.15. The minimum absolute atomic E-state index is 0.114. The normalized spacial score (nSPS) is 10.9. The lowest BCUT2D eigenvalue weighted by atomic mass is 10.2. The van der Waals surface area contributed by atoms with E-state index in [0.717, 1.165) is 15.5 Å². The van der Waals surface area contributed by atoms with Gasteiger partial charge >= 0.3 is 0 Å². The Bertz CT molecular complexity index is 980. The van der Waals surface area contributed by atoms with Crippen molar-refractivity contribution in [2.24, 2.45) is 0 Å². The minimum atomic E-state index is -0.453. The Morgan fingerprint density at radius 1 is 1.14 bits per heavy atom. The smallest absolute Gasteiger partial charge is 0.234 e. The van der Waals surface area contributed by atoms with Crippen molar-refractivity contribution >= 4 is 69.7 Å². The fraction of sp³-hybridized carbons (Fsp3) is 0.167. The molecular weight excluding hydrogens is 460 g/mol. The summed E-state index contributed by atoms with van der Waals surface area (Å²) in [7, 11) is 0. The first-order valence-electron chi connectivity index (χ1n) is 8.00. The summed E-state index contributed by atoms with van der Waals surface area (Å²) in [4.78, 5) is 12.0. The summed E-state index contributed by atoms with van der Waals surface area (Å²) < 4.78 is 15.2. The van der Waals surface area contributed by atoms with Crippen molar-refractivity contribution in [2.75, 3.05) is 11.1 Å². The number of anilines is 1. The molecule has 0 saturated heterocycles. The molecule has 28 heavy (non-hydrogen) atoms. The lowest BCUT2D eigenvalue weighted by Crippen LogP contribution is -2.15. The molecule has 0 aliphatic rings. The molecule has 0 bridgehead atoms. The maximum Gasteiger partial charge on any atom is 0.234 e. The third-order valence-corrected chi connectivity index (χ3v) is 7.44. The summed E-state index contributed by atoms with van der Waals surface area (Å²) in [6, 6.07) is 10.0. The fourth-order valence-corrected chi connectivity index (χ4v) is 5.71. The van der Waals surface area contributed by atoms with E-state index < -0.39 is 5.82 Å². The standard InChI is InChI=1S/C18H14Cl2FN3OS3/c1-10-5-6-15(14(21)7-10)22-16(25)9-27-18-24-23-17(28-18)26-8-11-12(19)3-2-4-13(11)20/h2-7H,8-9H2,1H3,(H,22,25). The Morgan fingerprint density at radius 3 is 2.50 bits per heavy atom. The Morgan fingerprint density at radius 2 is 1.82 bits per heavy atom. The summed E-state index contributed by atoms with van der Waals surface area (Å²) in [6.07, 6.45) is 0. The van der Waals surface area contributed by atoms with Crippen LogP contribution in [0.4, 0.5) is 10.1 Å². The van der Waals surface area contributed by atoms with Gasteiger partial charge in [0, 0.05) is 15.8 Å². The van der Waals surface area contributed by atoms with Gasteiger partial charge < -0.3 is 5.32 Å². The molecule has 0 aliphatic carbocycles. The van der Waals surface area contributed by atoms with Gasteiger partial charge in [0.2, 0.25) is 5.91 Å². The molecule has 1 amide bonds. The predicted octanol–water partition coefficient (Wildman–Crippen LogP) is 6.32. The number of benzene rings is 2. The average Bonchev–Trinajstić information content (AvgIpc) is 3.10. The molecule has 0 atom stereocenters. The van der Waals surface area contributed by atoms with Gasteiger partial charge in [-0.2, -0.15) is 0 Å². The highest BCUT2D eigenvalue weighted by molar-refractivity contribution is 8.03. The minimum Gasteiger partial charge on any atom is -0.323 e. The second-order valence-electron chi connectivity index (χ2n) is 5.64. The van der Waals surface area contributed by atoms with Gasteiger partial charge in [-0.15, -0.1) is 10.2 Å². The molecule has 3 rings (SSSR count). The molecule has 10 heteroatoms. The van der Waals surface area contributed by atoms with Crippen LogP contribution in [0.15, 0.2) is 45.1 Å². The van der Waals surface area contributed by atoms with E-state index in [1.807, 2.05) is 0 Å². The van der Waals surface area contributed by atoms with Crippen LogP contribution in [0.25, 0.3) is 0 Å². The first kappa shape index (κ1) is 21.4. The van der Waals surface area contributed by atoms with Gasteiger partial charge in [-0.25, -0.2) is 4.39 Å². The van der Waals surface area contributed by atoms with Crippen molar-refractivity contribution in [3.63, 3.8) is 0 Å². The number of aryl methyl sites for hydroxylation is 1. The number of nitrogens with one attached hydrogen (secondary N) is 1. The van der Waals surface area contributed by atoms with Crippen LogP contribution in [0.5, 0.6) is 0 Å². The molecule has 1 heterocycles. The van der Waals surface area contributed by atoms with Crippen LogP contribution in [0, 0.1) is 12.7 Å². The quantitative estimate of drug-likeness (QED) is 0.407. The number of aromatic nitrogens is 2. The molecule has 1 aromatic heterocycles. The predicted molar refractivity (Wildman–Crippen MR) is 116 cm³/mol. The summed E-state index contributed by atoms with van der Waals surface area (Å²) in [6.45, 7) is 1.79. The van der Waals surface area contributed by atoms with E-state index in [1.54, 1.807) is 37.3 Å². The van der Waals surface area contributed by atoms with Crippen molar-refractivity contribution in [3.05, 3.63) is 63.4 Å².